The lowest BCUT2D eigenvalue weighted by atomic mass is 9.86. The number of ether oxygens (including phenoxy) is 2. The number of carbonyl (C=O) groups is 3. The van der Waals surface area contributed by atoms with Gasteiger partial charge in [0.15, 0.2) is 0 Å². The highest BCUT2D eigenvalue weighted by Gasteiger charge is 2.31. The Morgan fingerprint density at radius 2 is 1.82 bits per heavy atom. The van der Waals surface area contributed by atoms with Gasteiger partial charge in [-0.2, -0.15) is 0 Å². The summed E-state index contributed by atoms with van der Waals surface area (Å²) in [4.78, 5) is 37.0. The molecule has 0 aromatic carbocycles. The lowest BCUT2D eigenvalue weighted by Gasteiger charge is -2.29. The van der Waals surface area contributed by atoms with Crippen molar-refractivity contribution in [2.45, 2.75) is 99.0 Å². The molecule has 40 heavy (non-hydrogen) atoms. The van der Waals surface area contributed by atoms with Gasteiger partial charge >= 0.3 is 5.97 Å². The molecule has 1 heterocycles. The summed E-state index contributed by atoms with van der Waals surface area (Å²) in [5.41, 5.74) is 0.480. The summed E-state index contributed by atoms with van der Waals surface area (Å²) >= 11 is 5.95. The van der Waals surface area contributed by atoms with Crippen LogP contribution in [0.2, 0.25) is 0 Å². The Balaban J connectivity index is 2.68. The van der Waals surface area contributed by atoms with E-state index in [0.29, 0.717) is 24.3 Å². The van der Waals surface area contributed by atoms with E-state index in [-0.39, 0.29) is 42.0 Å². The number of cyclic esters (lactones) is 1. The van der Waals surface area contributed by atoms with Crippen LogP contribution in [0.4, 0.5) is 0 Å². The average Bonchev–Trinajstić information content (AvgIpc) is 2.84. The standard InChI is InChI=1S/C32H47ClN2O5/c1-22(2)39-26(19-18-25(5)33)14-12-20-34-31(38)30(32(6,7)8)35-28(36)16-10-9-13-23(3)21-24(4)27-15-11-17-29(37)40-27/h9-13,16-18,20-22,24,26-27,30H,14-15,19H2,1-8H3,(H,34,38)(H,35,36)/b13-9-,16-10+,20-12-,23-21+,25-18+/t24-,26+,27-,30+/m0/s1. The fourth-order valence-corrected chi connectivity index (χ4v) is 4.07. The van der Waals surface area contributed by atoms with Crippen molar-refractivity contribution >= 4 is 29.4 Å². The van der Waals surface area contributed by atoms with Gasteiger partial charge in [0.1, 0.15) is 12.1 Å². The Hall–Kier alpha value is -2.90. The van der Waals surface area contributed by atoms with Gasteiger partial charge in [0, 0.05) is 29.5 Å². The van der Waals surface area contributed by atoms with Crippen molar-refractivity contribution in [2.24, 2.45) is 11.3 Å². The molecule has 7 nitrogen and oxygen atoms in total. The predicted molar refractivity (Wildman–Crippen MR) is 162 cm³/mol. The molecule has 0 aromatic heterocycles. The fraction of sp³-hybridized carbons (Fsp3) is 0.531. The van der Waals surface area contributed by atoms with Gasteiger partial charge in [0.05, 0.1) is 12.2 Å². The third kappa shape index (κ3) is 15.0. The third-order valence-electron chi connectivity index (χ3n) is 6.00. The van der Waals surface area contributed by atoms with Crippen LogP contribution < -0.4 is 10.6 Å². The first-order valence-corrected chi connectivity index (χ1v) is 14.2. The molecule has 2 amide bonds. The number of nitrogens with one attached hydrogen (secondary N) is 2. The van der Waals surface area contributed by atoms with E-state index in [1.807, 2.05) is 85.8 Å². The summed E-state index contributed by atoms with van der Waals surface area (Å²) in [6.07, 6.45) is 19.1. The molecule has 0 saturated carbocycles. The number of halogens is 1. The summed E-state index contributed by atoms with van der Waals surface area (Å²) < 4.78 is 11.3. The molecule has 0 saturated heterocycles. The Morgan fingerprint density at radius 3 is 2.42 bits per heavy atom. The second kappa shape index (κ2) is 17.7. The van der Waals surface area contributed by atoms with Crippen LogP contribution in [-0.2, 0) is 23.9 Å². The summed E-state index contributed by atoms with van der Waals surface area (Å²) in [6.45, 7) is 15.4. The largest absolute Gasteiger partial charge is 0.458 e. The van der Waals surface area contributed by atoms with Crippen LogP contribution in [0.25, 0.3) is 0 Å². The maximum Gasteiger partial charge on any atom is 0.330 e. The molecule has 0 bridgehead atoms. The Bertz CT molecular complexity index is 1030. The molecule has 0 unspecified atom stereocenters. The Labute approximate surface area is 245 Å². The van der Waals surface area contributed by atoms with Gasteiger partial charge in [-0.1, -0.05) is 87.4 Å². The van der Waals surface area contributed by atoms with E-state index in [1.165, 1.54) is 12.2 Å². The van der Waals surface area contributed by atoms with Gasteiger partial charge < -0.3 is 20.1 Å². The van der Waals surface area contributed by atoms with E-state index in [1.54, 1.807) is 18.4 Å². The SMILES string of the molecule is C/C(Cl)=C\C[C@@H](C/C=C\NC(=O)[C@@H](NC(=O)/C=C/C=C\C(C)=C\[C@H](C)[C@@H]1CC=CC(=O)O1)C(C)(C)C)OC(C)C. The van der Waals surface area contributed by atoms with Crippen molar-refractivity contribution in [3.63, 3.8) is 0 Å². The van der Waals surface area contributed by atoms with Crippen molar-refractivity contribution < 1.29 is 23.9 Å². The minimum atomic E-state index is -0.738. The maximum absolute atomic E-state index is 12.9. The smallest absolute Gasteiger partial charge is 0.330 e. The molecule has 0 aliphatic carbocycles. The molecule has 0 spiro atoms. The van der Waals surface area contributed by atoms with Crippen molar-refractivity contribution in [1.29, 1.82) is 0 Å². The van der Waals surface area contributed by atoms with Gasteiger partial charge in [0.25, 0.3) is 0 Å². The molecule has 1 aliphatic heterocycles. The lowest BCUT2D eigenvalue weighted by molar-refractivity contribution is -0.145. The molecule has 0 radical (unpaired) electrons. The number of rotatable bonds is 14. The third-order valence-corrected chi connectivity index (χ3v) is 6.16. The number of hydrogen-bond acceptors (Lipinski definition) is 5. The van der Waals surface area contributed by atoms with Gasteiger partial charge in [-0.25, -0.2) is 4.79 Å². The van der Waals surface area contributed by atoms with E-state index in [2.05, 4.69) is 10.6 Å². The van der Waals surface area contributed by atoms with Gasteiger partial charge in [-0.3, -0.25) is 9.59 Å². The fourth-order valence-electron chi connectivity index (χ4n) is 3.98. The van der Waals surface area contributed by atoms with Crippen LogP contribution in [0, 0.1) is 11.3 Å². The molecule has 1 aliphatic rings. The van der Waals surface area contributed by atoms with Crippen molar-refractivity contribution in [2.75, 3.05) is 0 Å². The highest BCUT2D eigenvalue weighted by atomic mass is 35.5. The van der Waals surface area contributed by atoms with E-state index in [4.69, 9.17) is 21.1 Å². The van der Waals surface area contributed by atoms with Gasteiger partial charge in [-0.15, -0.1) is 0 Å². The normalized spacial score (nSPS) is 19.4. The van der Waals surface area contributed by atoms with Crippen LogP contribution in [0.5, 0.6) is 0 Å². The van der Waals surface area contributed by atoms with Crippen molar-refractivity contribution in [1.82, 2.24) is 10.6 Å². The van der Waals surface area contributed by atoms with Crippen LogP contribution in [0.3, 0.4) is 0 Å². The van der Waals surface area contributed by atoms with E-state index in [9.17, 15) is 14.4 Å². The van der Waals surface area contributed by atoms with E-state index < -0.39 is 11.5 Å². The Kier molecular flexibility index (Phi) is 15.6. The first-order valence-electron chi connectivity index (χ1n) is 13.8. The maximum atomic E-state index is 12.9. The van der Waals surface area contributed by atoms with Crippen molar-refractivity contribution in [3.8, 4) is 0 Å². The molecule has 8 heteroatoms. The number of amides is 2. The summed E-state index contributed by atoms with van der Waals surface area (Å²) in [5, 5.41) is 6.31. The van der Waals surface area contributed by atoms with Crippen LogP contribution in [0.1, 0.15) is 74.7 Å². The Morgan fingerprint density at radius 1 is 1.15 bits per heavy atom. The molecule has 4 atom stereocenters. The molecule has 222 valence electrons. The van der Waals surface area contributed by atoms with Crippen LogP contribution >= 0.6 is 11.6 Å². The molecular weight excluding hydrogens is 528 g/mol. The van der Waals surface area contributed by atoms with E-state index in [0.717, 1.165) is 5.57 Å². The van der Waals surface area contributed by atoms with Crippen molar-refractivity contribution in [3.05, 3.63) is 71.5 Å². The second-order valence-corrected chi connectivity index (χ2v) is 12.0. The highest BCUT2D eigenvalue weighted by Crippen LogP contribution is 2.20. The minimum absolute atomic E-state index is 0.0539. The molecule has 0 fully saturated rings. The number of allylic oxidation sites excluding steroid dienone is 5. The zero-order chi connectivity index (χ0) is 30.3. The second-order valence-electron chi connectivity index (χ2n) is 11.4. The van der Waals surface area contributed by atoms with Gasteiger partial charge in [-0.05, 0) is 52.2 Å². The molecule has 0 aromatic rings. The zero-order valence-corrected chi connectivity index (χ0v) is 26.0. The minimum Gasteiger partial charge on any atom is -0.458 e. The van der Waals surface area contributed by atoms with Crippen LogP contribution in [-0.4, -0.2) is 42.1 Å². The first-order chi connectivity index (χ1) is 18.7. The number of hydrogen-bond donors (Lipinski definition) is 2. The topological polar surface area (TPSA) is 93.7 Å². The monoisotopic (exact) mass is 574 g/mol. The summed E-state index contributed by atoms with van der Waals surface area (Å²) in [7, 11) is 0. The van der Waals surface area contributed by atoms with Crippen LogP contribution in [0.15, 0.2) is 71.5 Å². The summed E-state index contributed by atoms with van der Waals surface area (Å²) in [6, 6.07) is -0.738. The quantitative estimate of drug-likeness (QED) is 0.142. The predicted octanol–water partition coefficient (Wildman–Crippen LogP) is 6.43. The lowest BCUT2D eigenvalue weighted by Crippen LogP contribution is -2.52. The first kappa shape index (κ1) is 35.1. The van der Waals surface area contributed by atoms with Gasteiger partial charge in [0.2, 0.25) is 11.8 Å². The average molecular weight is 575 g/mol. The van der Waals surface area contributed by atoms with E-state index >= 15 is 0 Å². The summed E-state index contributed by atoms with van der Waals surface area (Å²) in [5.74, 6) is -0.919. The molecule has 1 rings (SSSR count). The highest BCUT2D eigenvalue weighted by molar-refractivity contribution is 6.29. The zero-order valence-electron chi connectivity index (χ0n) is 25.2. The molecule has 2 N–H and O–H groups in total. The molecular formula is C32H47ClN2O5. The number of carbonyl (C=O) groups excluding carboxylic acids is 3. The number of esters is 1.